The number of nitrogens with one attached hydrogen (secondary N) is 3. The second-order valence-electron chi connectivity index (χ2n) is 5.52. The Hall–Kier alpha value is -2.48. The summed E-state index contributed by atoms with van der Waals surface area (Å²) in [5.41, 5.74) is 2.68. The number of aliphatic hydroxyl groups excluding tert-OH is 1. The first-order valence-electron chi connectivity index (χ1n) is 7.22. The van der Waals surface area contributed by atoms with Crippen molar-refractivity contribution in [2.75, 3.05) is 5.32 Å². The van der Waals surface area contributed by atoms with E-state index in [4.69, 9.17) is 0 Å². The molecule has 116 valence electrons. The van der Waals surface area contributed by atoms with Crippen LogP contribution in [-0.2, 0) is 6.54 Å². The van der Waals surface area contributed by atoms with Gasteiger partial charge < -0.3 is 10.4 Å². The zero-order valence-electron chi connectivity index (χ0n) is 12.8. The Balaban J connectivity index is 1.85. The number of rotatable bonds is 5. The molecule has 0 fully saturated rings. The van der Waals surface area contributed by atoms with E-state index in [-0.39, 0.29) is 0 Å². The summed E-state index contributed by atoms with van der Waals surface area (Å²) >= 11 is 0. The van der Waals surface area contributed by atoms with Crippen LogP contribution in [0.4, 0.5) is 5.69 Å². The molecule has 3 rings (SSSR count). The second kappa shape index (κ2) is 5.72. The first-order chi connectivity index (χ1) is 10.6. The zero-order valence-corrected chi connectivity index (χ0v) is 12.8. The molecule has 8 heteroatoms. The molecule has 0 spiro atoms. The minimum Gasteiger partial charge on any atom is -0.385 e. The second-order valence-corrected chi connectivity index (χ2v) is 5.52. The van der Waals surface area contributed by atoms with Crippen molar-refractivity contribution >= 4 is 16.7 Å². The van der Waals surface area contributed by atoms with Crippen molar-refractivity contribution in [3.63, 3.8) is 0 Å². The van der Waals surface area contributed by atoms with Crippen molar-refractivity contribution in [2.24, 2.45) is 0 Å². The molecule has 0 radical (unpaired) electrons. The molecule has 3 aromatic heterocycles. The minimum absolute atomic E-state index is 0.321. The van der Waals surface area contributed by atoms with Crippen molar-refractivity contribution in [1.82, 2.24) is 30.4 Å². The number of hydrogen-bond donors (Lipinski definition) is 4. The van der Waals surface area contributed by atoms with Crippen LogP contribution in [0.25, 0.3) is 11.0 Å². The van der Waals surface area contributed by atoms with Crippen LogP contribution in [0.15, 0.2) is 12.3 Å². The number of H-pyrrole nitrogens is 2. The van der Waals surface area contributed by atoms with Crippen molar-refractivity contribution in [3.05, 3.63) is 29.6 Å². The summed E-state index contributed by atoms with van der Waals surface area (Å²) in [6.07, 6.45) is 1.04. The molecule has 3 heterocycles. The molecule has 0 aromatic carbocycles. The van der Waals surface area contributed by atoms with E-state index in [9.17, 15) is 5.11 Å². The lowest BCUT2D eigenvalue weighted by Gasteiger charge is -2.08. The van der Waals surface area contributed by atoms with Gasteiger partial charge in [0, 0.05) is 17.6 Å². The van der Waals surface area contributed by atoms with E-state index in [2.05, 4.69) is 49.5 Å². The molecular weight excluding hydrogens is 282 g/mol. The van der Waals surface area contributed by atoms with Gasteiger partial charge in [-0.25, -0.2) is 9.97 Å². The van der Waals surface area contributed by atoms with Crippen molar-refractivity contribution < 1.29 is 5.11 Å². The van der Waals surface area contributed by atoms with Crippen molar-refractivity contribution in [2.45, 2.75) is 39.3 Å². The number of nitrogens with zero attached hydrogens (tertiary/aromatic N) is 4. The van der Waals surface area contributed by atoms with E-state index in [1.807, 2.05) is 6.07 Å². The summed E-state index contributed by atoms with van der Waals surface area (Å²) in [6.45, 7) is 6.32. The van der Waals surface area contributed by atoms with Crippen LogP contribution in [0.3, 0.4) is 0 Å². The summed E-state index contributed by atoms with van der Waals surface area (Å²) < 4.78 is 0. The highest BCUT2D eigenvalue weighted by Crippen LogP contribution is 2.28. The van der Waals surface area contributed by atoms with Crippen LogP contribution >= 0.6 is 0 Å². The average Bonchev–Trinajstić information content (AvgIpc) is 3.12. The molecule has 3 aromatic rings. The number of anilines is 1. The van der Waals surface area contributed by atoms with Crippen LogP contribution in [0.2, 0.25) is 0 Å². The summed E-state index contributed by atoms with van der Waals surface area (Å²) in [5, 5.41) is 27.8. The fourth-order valence-electron chi connectivity index (χ4n) is 2.29. The van der Waals surface area contributed by atoms with Crippen molar-refractivity contribution in [3.8, 4) is 0 Å². The minimum atomic E-state index is -0.681. The van der Waals surface area contributed by atoms with Crippen LogP contribution < -0.4 is 5.32 Å². The van der Waals surface area contributed by atoms with Crippen LogP contribution in [0.1, 0.15) is 50.1 Å². The third kappa shape index (κ3) is 2.64. The quantitative estimate of drug-likeness (QED) is 0.572. The summed E-state index contributed by atoms with van der Waals surface area (Å²) in [4.78, 5) is 8.51. The summed E-state index contributed by atoms with van der Waals surface area (Å²) in [6, 6.07) is 1.91. The van der Waals surface area contributed by atoms with Gasteiger partial charge in [-0.2, -0.15) is 10.2 Å². The predicted molar refractivity (Wildman–Crippen MR) is 82.3 cm³/mol. The van der Waals surface area contributed by atoms with Gasteiger partial charge in [-0.15, -0.1) is 0 Å². The Morgan fingerprint density at radius 3 is 2.73 bits per heavy atom. The largest absolute Gasteiger partial charge is 0.385 e. The fraction of sp³-hybridized carbons (Fsp3) is 0.429. The monoisotopic (exact) mass is 301 g/mol. The molecule has 0 amide bonds. The van der Waals surface area contributed by atoms with E-state index in [0.29, 0.717) is 29.8 Å². The predicted octanol–water partition coefficient (Wildman–Crippen LogP) is 1.86. The first kappa shape index (κ1) is 14.5. The standard InChI is InChI=1S/C14H19N7O/c1-7(2)12-11-9(4-5-15-14(11)21-19-12)16-6-10-17-13(8(3)22)20-18-10/h4-5,7-8,22H,6H2,1-3H3,(H,17,18,20)(H2,15,16,19,21)/t8-/m1/s1. The molecule has 0 aliphatic rings. The number of aliphatic hydroxyl groups is 1. The van der Waals surface area contributed by atoms with Gasteiger partial charge in [0.15, 0.2) is 11.5 Å². The lowest BCUT2D eigenvalue weighted by Crippen LogP contribution is -2.03. The molecule has 0 bridgehead atoms. The maximum absolute atomic E-state index is 9.45. The molecule has 0 aliphatic heterocycles. The molecule has 1 atom stereocenters. The Labute approximate surface area is 127 Å². The normalized spacial score (nSPS) is 13.0. The lowest BCUT2D eigenvalue weighted by atomic mass is 10.1. The van der Waals surface area contributed by atoms with Gasteiger partial charge >= 0.3 is 0 Å². The molecule has 0 saturated carbocycles. The zero-order chi connectivity index (χ0) is 15.7. The van der Waals surface area contributed by atoms with Crippen LogP contribution in [0.5, 0.6) is 0 Å². The van der Waals surface area contributed by atoms with E-state index < -0.39 is 6.10 Å². The van der Waals surface area contributed by atoms with E-state index >= 15 is 0 Å². The number of pyridine rings is 1. The first-order valence-corrected chi connectivity index (χ1v) is 7.22. The molecule has 0 saturated heterocycles. The highest BCUT2D eigenvalue weighted by atomic mass is 16.3. The number of aromatic amines is 2. The van der Waals surface area contributed by atoms with Gasteiger partial charge in [0.05, 0.1) is 11.9 Å². The molecular formula is C14H19N7O. The van der Waals surface area contributed by atoms with E-state index in [1.165, 1.54) is 0 Å². The Kier molecular flexibility index (Phi) is 3.76. The molecule has 8 nitrogen and oxygen atoms in total. The Bertz CT molecular complexity index is 774. The van der Waals surface area contributed by atoms with Gasteiger partial charge in [0.25, 0.3) is 0 Å². The number of hydrogen-bond acceptors (Lipinski definition) is 6. The number of fused-ring (bicyclic) bond motifs is 1. The summed E-state index contributed by atoms with van der Waals surface area (Å²) in [5.74, 6) is 1.38. The van der Waals surface area contributed by atoms with Gasteiger partial charge in [-0.3, -0.25) is 10.2 Å². The maximum atomic E-state index is 9.45. The van der Waals surface area contributed by atoms with Gasteiger partial charge in [0.2, 0.25) is 0 Å². The number of aromatic nitrogens is 6. The van der Waals surface area contributed by atoms with Gasteiger partial charge in [-0.05, 0) is 18.9 Å². The summed E-state index contributed by atoms with van der Waals surface area (Å²) in [7, 11) is 0. The van der Waals surface area contributed by atoms with Crippen LogP contribution in [0, 0.1) is 0 Å². The van der Waals surface area contributed by atoms with E-state index in [0.717, 1.165) is 16.8 Å². The third-order valence-electron chi connectivity index (χ3n) is 3.43. The molecule has 0 aliphatic carbocycles. The maximum Gasteiger partial charge on any atom is 0.183 e. The van der Waals surface area contributed by atoms with E-state index in [1.54, 1.807) is 13.1 Å². The molecule has 0 unspecified atom stereocenters. The smallest absolute Gasteiger partial charge is 0.183 e. The van der Waals surface area contributed by atoms with Crippen LogP contribution in [-0.4, -0.2) is 35.5 Å². The van der Waals surface area contributed by atoms with Gasteiger partial charge in [0.1, 0.15) is 11.9 Å². The topological polar surface area (TPSA) is 115 Å². The highest BCUT2D eigenvalue weighted by Gasteiger charge is 2.14. The molecule has 4 N–H and O–H groups in total. The van der Waals surface area contributed by atoms with Crippen molar-refractivity contribution in [1.29, 1.82) is 0 Å². The van der Waals surface area contributed by atoms with Gasteiger partial charge in [-0.1, -0.05) is 13.8 Å². The average molecular weight is 301 g/mol. The fourth-order valence-corrected chi connectivity index (χ4v) is 2.29. The molecule has 22 heavy (non-hydrogen) atoms. The SMILES string of the molecule is CC(C)c1[nH]nc2nccc(NCc3nc([C@@H](C)O)n[nH]3)c12. The Morgan fingerprint density at radius 2 is 2.05 bits per heavy atom. The Morgan fingerprint density at radius 1 is 1.23 bits per heavy atom. The lowest BCUT2D eigenvalue weighted by molar-refractivity contribution is 0.189. The third-order valence-corrected chi connectivity index (χ3v) is 3.43. The highest BCUT2D eigenvalue weighted by molar-refractivity contribution is 5.91.